The zero-order valence-electron chi connectivity index (χ0n) is 8.70. The van der Waals surface area contributed by atoms with Gasteiger partial charge in [0.1, 0.15) is 5.75 Å². The fourth-order valence-corrected chi connectivity index (χ4v) is 1.65. The molecule has 0 saturated carbocycles. The molecular formula is C9H9NNaO4S+. The fourth-order valence-electron chi connectivity index (χ4n) is 1.06. The maximum Gasteiger partial charge on any atom is 1.00 e. The summed E-state index contributed by atoms with van der Waals surface area (Å²) in [6.07, 6.45) is 0.244. The Morgan fingerprint density at radius 1 is 1.31 bits per heavy atom. The second kappa shape index (κ2) is 6.93. The molecule has 1 aromatic rings. The van der Waals surface area contributed by atoms with E-state index < -0.39 is 15.9 Å². The Balaban J connectivity index is 0.00000225. The van der Waals surface area contributed by atoms with Crippen LogP contribution in [-0.2, 0) is 14.9 Å². The van der Waals surface area contributed by atoms with Gasteiger partial charge in [0.05, 0.1) is 5.71 Å². The van der Waals surface area contributed by atoms with Gasteiger partial charge in [0.2, 0.25) is 6.41 Å². The number of aliphatic imine (C=N–C) groups is 1. The van der Waals surface area contributed by atoms with Crippen LogP contribution in [0.1, 0.15) is 5.56 Å². The van der Waals surface area contributed by atoms with E-state index in [0.717, 1.165) is 0 Å². The monoisotopic (exact) mass is 250 g/mol. The first-order chi connectivity index (χ1) is 7.03. The molecule has 0 saturated heterocycles. The van der Waals surface area contributed by atoms with Crippen molar-refractivity contribution >= 4 is 22.2 Å². The van der Waals surface area contributed by atoms with Gasteiger partial charge >= 0.3 is 29.6 Å². The van der Waals surface area contributed by atoms with E-state index in [1.165, 1.54) is 0 Å². The van der Waals surface area contributed by atoms with Crippen LogP contribution in [0.25, 0.3) is 0 Å². The minimum absolute atomic E-state index is 0. The average Bonchev–Trinajstić information content (AvgIpc) is 2.17. The van der Waals surface area contributed by atoms with Crippen molar-refractivity contribution in [2.24, 2.45) is 4.99 Å². The van der Waals surface area contributed by atoms with Crippen LogP contribution >= 0.6 is 0 Å². The maximum atomic E-state index is 10.6. The molecule has 0 unspecified atom stereocenters. The Hall–Kier alpha value is -0.530. The van der Waals surface area contributed by atoms with E-state index in [1.54, 1.807) is 30.3 Å². The van der Waals surface area contributed by atoms with Crippen LogP contribution in [0.3, 0.4) is 0 Å². The van der Waals surface area contributed by atoms with Crippen molar-refractivity contribution in [3.63, 3.8) is 0 Å². The predicted octanol–water partition coefficient (Wildman–Crippen LogP) is -2.48. The van der Waals surface area contributed by atoms with E-state index >= 15 is 0 Å². The van der Waals surface area contributed by atoms with Crippen molar-refractivity contribution < 1.29 is 47.3 Å². The Morgan fingerprint density at radius 3 is 2.31 bits per heavy atom. The van der Waals surface area contributed by atoms with Gasteiger partial charge in [-0.3, -0.25) is 9.35 Å². The predicted molar refractivity (Wildman–Crippen MR) is 55.5 cm³/mol. The molecule has 0 aliphatic carbocycles. The summed E-state index contributed by atoms with van der Waals surface area (Å²) in [6, 6.07) is 8.32. The number of carbonyl (C=O) groups excluding carboxylic acids is 1. The number of hydrogen-bond acceptors (Lipinski definition) is 3. The van der Waals surface area contributed by atoms with Crippen LogP contribution in [0.15, 0.2) is 35.3 Å². The molecule has 0 spiro atoms. The third-order valence-corrected chi connectivity index (χ3v) is 2.27. The van der Waals surface area contributed by atoms with Gasteiger partial charge in [0.25, 0.3) is 10.1 Å². The van der Waals surface area contributed by atoms with E-state index in [4.69, 9.17) is 4.55 Å². The Bertz CT molecular complexity index is 470. The van der Waals surface area contributed by atoms with E-state index in [-0.39, 0.29) is 41.7 Å². The second-order valence-corrected chi connectivity index (χ2v) is 4.23. The fraction of sp³-hybridized carbons (Fsp3) is 0.111. The van der Waals surface area contributed by atoms with Crippen molar-refractivity contribution in [1.82, 2.24) is 0 Å². The number of hydrogen-bond donors (Lipinski definition) is 1. The Labute approximate surface area is 116 Å². The van der Waals surface area contributed by atoms with Gasteiger partial charge in [-0.1, -0.05) is 30.3 Å². The van der Waals surface area contributed by atoms with Crippen LogP contribution in [0.4, 0.5) is 0 Å². The molecule has 1 amide bonds. The SMILES string of the molecule is O=CN=C(CS(=O)(=O)O)c1ccccc1.[Na+]. The standard InChI is InChI=1S/C9H9NO4S.Na/c11-7-10-9(6-15(12,13)14)8-4-2-1-3-5-8;/h1-5,7H,6H2,(H,12,13,14);/q;+1. The zero-order chi connectivity index (χ0) is 11.3. The summed E-state index contributed by atoms with van der Waals surface area (Å²) in [4.78, 5) is 13.6. The molecule has 5 nitrogen and oxygen atoms in total. The largest absolute Gasteiger partial charge is 1.00 e. The number of amides is 1. The van der Waals surface area contributed by atoms with Crippen LogP contribution in [0, 0.1) is 0 Å². The van der Waals surface area contributed by atoms with Gasteiger partial charge in [-0.2, -0.15) is 8.42 Å². The van der Waals surface area contributed by atoms with Crippen LogP contribution < -0.4 is 29.6 Å². The van der Waals surface area contributed by atoms with E-state index in [1.807, 2.05) is 0 Å². The number of rotatable bonds is 4. The van der Waals surface area contributed by atoms with E-state index in [2.05, 4.69) is 4.99 Å². The molecular weight excluding hydrogens is 241 g/mol. The van der Waals surface area contributed by atoms with Gasteiger partial charge in [0.15, 0.2) is 0 Å². The van der Waals surface area contributed by atoms with E-state index in [9.17, 15) is 13.2 Å². The van der Waals surface area contributed by atoms with Crippen LogP contribution in [-0.4, -0.2) is 30.8 Å². The summed E-state index contributed by atoms with van der Waals surface area (Å²) in [7, 11) is -4.18. The molecule has 1 aromatic carbocycles. The Kier molecular flexibility index (Phi) is 6.70. The molecule has 0 aromatic heterocycles. The zero-order valence-corrected chi connectivity index (χ0v) is 11.5. The molecule has 0 aliphatic heterocycles. The smallest absolute Gasteiger partial charge is 0.285 e. The van der Waals surface area contributed by atoms with Crippen LogP contribution in [0.5, 0.6) is 0 Å². The quantitative estimate of drug-likeness (QED) is 0.278. The maximum absolute atomic E-state index is 10.6. The molecule has 0 fully saturated rings. The topological polar surface area (TPSA) is 83.8 Å². The molecule has 0 radical (unpaired) electrons. The van der Waals surface area contributed by atoms with Crippen molar-refractivity contribution in [3.05, 3.63) is 35.9 Å². The van der Waals surface area contributed by atoms with Crippen molar-refractivity contribution in [1.29, 1.82) is 0 Å². The third-order valence-electron chi connectivity index (χ3n) is 1.63. The molecule has 0 atom stereocenters. The van der Waals surface area contributed by atoms with Crippen molar-refractivity contribution in [3.8, 4) is 0 Å². The number of carbonyl (C=O) groups is 1. The van der Waals surface area contributed by atoms with Gasteiger partial charge < -0.3 is 0 Å². The number of nitrogens with zero attached hydrogens (tertiary/aromatic N) is 1. The molecule has 0 bridgehead atoms. The normalized spacial score (nSPS) is 11.7. The van der Waals surface area contributed by atoms with Crippen LogP contribution in [0.2, 0.25) is 0 Å². The van der Waals surface area contributed by atoms with Gasteiger partial charge in [-0.05, 0) is 5.56 Å². The minimum Gasteiger partial charge on any atom is -0.285 e. The molecule has 16 heavy (non-hydrogen) atoms. The first kappa shape index (κ1) is 15.5. The van der Waals surface area contributed by atoms with Gasteiger partial charge in [0, 0.05) is 0 Å². The average molecular weight is 250 g/mol. The Morgan fingerprint density at radius 2 is 1.88 bits per heavy atom. The first-order valence-electron chi connectivity index (χ1n) is 4.04. The summed E-state index contributed by atoms with van der Waals surface area (Å²) in [6.45, 7) is 0. The minimum atomic E-state index is -4.18. The van der Waals surface area contributed by atoms with Crippen molar-refractivity contribution in [2.45, 2.75) is 0 Å². The summed E-state index contributed by atoms with van der Waals surface area (Å²) < 4.78 is 29.9. The van der Waals surface area contributed by atoms with E-state index in [0.29, 0.717) is 5.56 Å². The molecule has 80 valence electrons. The first-order valence-corrected chi connectivity index (χ1v) is 5.65. The summed E-state index contributed by atoms with van der Waals surface area (Å²) >= 11 is 0. The summed E-state index contributed by atoms with van der Waals surface area (Å²) in [5, 5.41) is 0. The summed E-state index contributed by atoms with van der Waals surface area (Å²) in [5.41, 5.74) is 0.510. The molecule has 1 rings (SSSR count). The second-order valence-electron chi connectivity index (χ2n) is 2.77. The molecule has 0 heterocycles. The molecule has 1 N–H and O–H groups in total. The van der Waals surface area contributed by atoms with Crippen molar-refractivity contribution in [2.75, 3.05) is 5.75 Å². The van der Waals surface area contributed by atoms with Gasteiger partial charge in [-0.25, -0.2) is 4.99 Å². The molecule has 7 heteroatoms. The third kappa shape index (κ3) is 5.53. The molecule has 0 aliphatic rings. The summed E-state index contributed by atoms with van der Waals surface area (Å²) in [5.74, 6) is -0.671. The number of benzene rings is 1. The van der Waals surface area contributed by atoms with Gasteiger partial charge in [-0.15, -0.1) is 0 Å².